The summed E-state index contributed by atoms with van der Waals surface area (Å²) in [4.78, 5) is 11.1. The van der Waals surface area contributed by atoms with E-state index in [0.717, 1.165) is 30.8 Å². The molecule has 150 valence electrons. The van der Waals surface area contributed by atoms with Gasteiger partial charge >= 0.3 is 0 Å². The van der Waals surface area contributed by atoms with Crippen molar-refractivity contribution in [1.82, 2.24) is 9.97 Å². The van der Waals surface area contributed by atoms with E-state index in [4.69, 9.17) is 9.72 Å². The van der Waals surface area contributed by atoms with Crippen molar-refractivity contribution in [2.75, 3.05) is 23.4 Å². The van der Waals surface area contributed by atoms with Crippen molar-refractivity contribution in [3.63, 3.8) is 0 Å². The number of aromatic nitrogens is 2. The summed E-state index contributed by atoms with van der Waals surface area (Å²) in [5, 5.41) is 3.24. The monoisotopic (exact) mass is 396 g/mol. The number of fused-ring (bicyclic) bond motifs is 5. The zero-order valence-electron chi connectivity index (χ0n) is 16.2. The van der Waals surface area contributed by atoms with Gasteiger partial charge in [0.1, 0.15) is 28.6 Å². The third-order valence-corrected chi connectivity index (χ3v) is 5.73. The Bertz CT molecular complexity index is 1070. The molecule has 1 N–H and O–H groups in total. The molecular weight excluding hydrogens is 374 g/mol. The molecule has 0 radical (unpaired) electrons. The highest BCUT2D eigenvalue weighted by atomic mass is 19.1. The summed E-state index contributed by atoms with van der Waals surface area (Å²) in [6, 6.07) is 8.38. The standard InChI is InChI=1S/C22H22F2N4O/c1-13-8-10-29-19-6-4-14(23)11-15(19)18-3-2-9-28(18)20-7-5-17-22(27-20)21(26-13)16(24)12-25-17/h4-7,11-13,18,26H,2-3,8-10H2,1H3/t13-,18-/m1/s1. The maximum absolute atomic E-state index is 14.6. The number of hydrogen-bond donors (Lipinski definition) is 1. The lowest BCUT2D eigenvalue weighted by atomic mass is 10.0. The molecule has 0 amide bonds. The summed E-state index contributed by atoms with van der Waals surface area (Å²) in [7, 11) is 0. The van der Waals surface area contributed by atoms with E-state index in [2.05, 4.69) is 15.2 Å². The quantitative estimate of drug-likeness (QED) is 0.590. The third kappa shape index (κ3) is 3.24. The number of halogens is 2. The van der Waals surface area contributed by atoms with Crippen LogP contribution in [-0.2, 0) is 0 Å². The van der Waals surface area contributed by atoms with Crippen molar-refractivity contribution in [3.05, 3.63) is 53.7 Å². The highest BCUT2D eigenvalue weighted by molar-refractivity contribution is 5.89. The highest BCUT2D eigenvalue weighted by Gasteiger charge is 2.30. The second-order valence-corrected chi connectivity index (χ2v) is 7.73. The van der Waals surface area contributed by atoms with Crippen molar-refractivity contribution in [1.29, 1.82) is 0 Å². The van der Waals surface area contributed by atoms with Crippen molar-refractivity contribution in [3.8, 4) is 5.75 Å². The largest absolute Gasteiger partial charge is 0.493 e. The highest BCUT2D eigenvalue weighted by Crippen LogP contribution is 2.40. The van der Waals surface area contributed by atoms with Gasteiger partial charge in [-0.3, -0.25) is 4.98 Å². The molecular formula is C22H22F2N4O. The predicted octanol–water partition coefficient (Wildman–Crippen LogP) is 4.83. The van der Waals surface area contributed by atoms with Crippen LogP contribution in [0.2, 0.25) is 0 Å². The second-order valence-electron chi connectivity index (χ2n) is 7.73. The zero-order chi connectivity index (χ0) is 20.0. The molecule has 29 heavy (non-hydrogen) atoms. The minimum absolute atomic E-state index is 0.0370. The van der Waals surface area contributed by atoms with Crippen molar-refractivity contribution in [2.24, 2.45) is 0 Å². The first-order chi connectivity index (χ1) is 14.1. The number of anilines is 2. The first-order valence-corrected chi connectivity index (χ1v) is 10.0. The van der Waals surface area contributed by atoms with E-state index in [1.54, 1.807) is 12.1 Å². The molecule has 0 saturated carbocycles. The van der Waals surface area contributed by atoms with Crippen LogP contribution >= 0.6 is 0 Å². The minimum Gasteiger partial charge on any atom is -0.493 e. The number of rotatable bonds is 0. The van der Waals surface area contributed by atoms with E-state index in [-0.39, 0.29) is 17.9 Å². The average Bonchev–Trinajstić information content (AvgIpc) is 3.20. The summed E-state index contributed by atoms with van der Waals surface area (Å²) in [5.41, 5.74) is 2.35. The lowest BCUT2D eigenvalue weighted by molar-refractivity contribution is 0.299. The van der Waals surface area contributed by atoms with Gasteiger partial charge in [-0.1, -0.05) is 0 Å². The average molecular weight is 396 g/mol. The van der Waals surface area contributed by atoms with Crippen LogP contribution in [0.5, 0.6) is 5.75 Å². The molecule has 2 bridgehead atoms. The first kappa shape index (κ1) is 18.1. The van der Waals surface area contributed by atoms with Gasteiger partial charge in [-0.15, -0.1) is 0 Å². The van der Waals surface area contributed by atoms with Gasteiger partial charge in [-0.25, -0.2) is 13.8 Å². The van der Waals surface area contributed by atoms with Crippen molar-refractivity contribution >= 4 is 22.5 Å². The fourth-order valence-electron chi connectivity index (χ4n) is 4.27. The Hall–Kier alpha value is -2.96. The Balaban J connectivity index is 1.69. The van der Waals surface area contributed by atoms with Gasteiger partial charge in [-0.05, 0) is 50.1 Å². The molecule has 4 heterocycles. The summed E-state index contributed by atoms with van der Waals surface area (Å²) in [6.45, 7) is 3.21. The molecule has 2 aromatic heterocycles. The maximum atomic E-state index is 14.6. The normalized spacial score (nSPS) is 21.4. The van der Waals surface area contributed by atoms with Crippen LogP contribution in [0.1, 0.15) is 37.8 Å². The van der Waals surface area contributed by atoms with Crippen LogP contribution in [0.4, 0.5) is 20.3 Å². The molecule has 5 nitrogen and oxygen atoms in total. The number of pyridine rings is 2. The molecule has 1 aromatic carbocycles. The van der Waals surface area contributed by atoms with Crippen LogP contribution in [0.25, 0.3) is 11.0 Å². The number of nitrogens with one attached hydrogen (secondary N) is 1. The fraction of sp³-hybridized carbons (Fsp3) is 0.364. The van der Waals surface area contributed by atoms with Crippen LogP contribution in [-0.4, -0.2) is 29.2 Å². The summed E-state index contributed by atoms with van der Waals surface area (Å²) >= 11 is 0. The topological polar surface area (TPSA) is 50.3 Å². The molecule has 7 heteroatoms. The molecule has 2 aliphatic heterocycles. The van der Waals surface area contributed by atoms with Gasteiger partial charge in [0.2, 0.25) is 0 Å². The van der Waals surface area contributed by atoms with Gasteiger partial charge in [0.25, 0.3) is 0 Å². The van der Waals surface area contributed by atoms with Gasteiger partial charge < -0.3 is 15.0 Å². The summed E-state index contributed by atoms with van der Waals surface area (Å²) in [6.07, 6.45) is 3.73. The third-order valence-electron chi connectivity index (χ3n) is 5.73. The lowest BCUT2D eigenvalue weighted by Crippen LogP contribution is -2.24. The molecule has 3 aromatic rings. The smallest absolute Gasteiger partial charge is 0.166 e. The Morgan fingerprint density at radius 2 is 2.07 bits per heavy atom. The second kappa shape index (κ2) is 7.13. The summed E-state index contributed by atoms with van der Waals surface area (Å²) in [5.74, 6) is 0.727. The van der Waals surface area contributed by atoms with E-state index in [1.807, 2.05) is 19.1 Å². The Morgan fingerprint density at radius 3 is 2.97 bits per heavy atom. The van der Waals surface area contributed by atoms with Crippen LogP contribution in [0, 0.1) is 11.6 Å². The first-order valence-electron chi connectivity index (χ1n) is 10.0. The molecule has 0 spiro atoms. The number of hydrogen-bond acceptors (Lipinski definition) is 5. The molecule has 0 aliphatic carbocycles. The van der Waals surface area contributed by atoms with E-state index in [9.17, 15) is 8.78 Å². The zero-order valence-corrected chi connectivity index (χ0v) is 16.2. The molecule has 1 fully saturated rings. The van der Waals surface area contributed by atoms with Crippen molar-refractivity contribution in [2.45, 2.75) is 38.3 Å². The van der Waals surface area contributed by atoms with Crippen molar-refractivity contribution < 1.29 is 13.5 Å². The molecule has 0 unspecified atom stereocenters. The molecule has 5 rings (SSSR count). The number of ether oxygens (including phenoxy) is 1. The Morgan fingerprint density at radius 1 is 1.17 bits per heavy atom. The van der Waals surface area contributed by atoms with E-state index in [0.29, 0.717) is 35.5 Å². The Labute approximate surface area is 167 Å². The van der Waals surface area contributed by atoms with Crippen LogP contribution < -0.4 is 15.0 Å². The lowest BCUT2D eigenvalue weighted by Gasteiger charge is -2.27. The Kier molecular flexibility index (Phi) is 4.45. The van der Waals surface area contributed by atoms with Gasteiger partial charge in [-0.2, -0.15) is 0 Å². The van der Waals surface area contributed by atoms with E-state index >= 15 is 0 Å². The fourth-order valence-corrected chi connectivity index (χ4v) is 4.27. The molecule has 1 saturated heterocycles. The SMILES string of the molecule is C[C@@H]1CCOc2ccc(F)cc2[C@H]2CCCN2c2ccc3ncc(F)c(c3n2)N1. The minimum atomic E-state index is -0.423. The van der Waals surface area contributed by atoms with E-state index in [1.165, 1.54) is 12.3 Å². The predicted molar refractivity (Wildman–Crippen MR) is 108 cm³/mol. The van der Waals surface area contributed by atoms with Crippen LogP contribution in [0.3, 0.4) is 0 Å². The molecule has 2 aliphatic rings. The number of benzene rings is 1. The van der Waals surface area contributed by atoms with Gasteiger partial charge in [0.15, 0.2) is 5.82 Å². The summed E-state index contributed by atoms with van der Waals surface area (Å²) < 4.78 is 34.7. The molecule has 2 atom stereocenters. The van der Waals surface area contributed by atoms with Crippen LogP contribution in [0.15, 0.2) is 36.5 Å². The van der Waals surface area contributed by atoms with Gasteiger partial charge in [0.05, 0.1) is 24.4 Å². The van der Waals surface area contributed by atoms with E-state index < -0.39 is 5.82 Å². The van der Waals surface area contributed by atoms with Gasteiger partial charge in [0, 0.05) is 24.6 Å². The maximum Gasteiger partial charge on any atom is 0.166 e. The number of nitrogens with zero attached hydrogens (tertiary/aromatic N) is 3.